The van der Waals surface area contributed by atoms with Crippen LogP contribution in [0.25, 0.3) is 0 Å². The van der Waals surface area contributed by atoms with Crippen molar-refractivity contribution in [3.05, 3.63) is 48.3 Å². The second-order valence-electron chi connectivity index (χ2n) is 6.15. The highest BCUT2D eigenvalue weighted by molar-refractivity contribution is 5.35. The summed E-state index contributed by atoms with van der Waals surface area (Å²) in [5.41, 5.74) is 1.21. The standard InChI is InChI=1S/C18H25N5O/c1-22-10-12-23(13-11-22)14-17(21-18-19-8-3-9-20-18)15-4-6-16(24-2)7-5-15/h3-9,17H,10-14H2,1-2H3,(H,19,20,21). The highest BCUT2D eigenvalue weighted by Gasteiger charge is 2.20. The van der Waals surface area contributed by atoms with Gasteiger partial charge in [0.25, 0.3) is 0 Å². The van der Waals surface area contributed by atoms with E-state index in [2.05, 4.69) is 44.3 Å². The van der Waals surface area contributed by atoms with Gasteiger partial charge in [-0.2, -0.15) is 0 Å². The van der Waals surface area contributed by atoms with Crippen molar-refractivity contribution < 1.29 is 4.74 Å². The van der Waals surface area contributed by atoms with E-state index in [-0.39, 0.29) is 6.04 Å². The van der Waals surface area contributed by atoms with Crippen LogP contribution in [0.2, 0.25) is 0 Å². The van der Waals surface area contributed by atoms with Gasteiger partial charge >= 0.3 is 0 Å². The SMILES string of the molecule is COc1ccc(C(CN2CCN(C)CC2)Nc2ncccn2)cc1. The Bertz CT molecular complexity index is 611. The van der Waals surface area contributed by atoms with Crippen molar-refractivity contribution in [3.8, 4) is 5.75 Å². The fourth-order valence-corrected chi connectivity index (χ4v) is 2.89. The Morgan fingerprint density at radius 1 is 1.08 bits per heavy atom. The van der Waals surface area contributed by atoms with Gasteiger partial charge in [-0.15, -0.1) is 0 Å². The maximum Gasteiger partial charge on any atom is 0.223 e. The summed E-state index contributed by atoms with van der Waals surface area (Å²) in [6, 6.07) is 10.2. The quantitative estimate of drug-likeness (QED) is 0.874. The number of rotatable bonds is 6. The van der Waals surface area contributed by atoms with E-state index >= 15 is 0 Å². The zero-order chi connectivity index (χ0) is 16.8. The van der Waals surface area contributed by atoms with E-state index < -0.39 is 0 Å². The molecule has 1 unspecified atom stereocenters. The fourth-order valence-electron chi connectivity index (χ4n) is 2.89. The van der Waals surface area contributed by atoms with Gasteiger partial charge in [-0.05, 0) is 30.8 Å². The van der Waals surface area contributed by atoms with Crippen molar-refractivity contribution in [2.45, 2.75) is 6.04 Å². The van der Waals surface area contributed by atoms with Gasteiger partial charge in [0, 0.05) is 45.1 Å². The van der Waals surface area contributed by atoms with Crippen LogP contribution >= 0.6 is 0 Å². The van der Waals surface area contributed by atoms with Crippen LogP contribution in [0.3, 0.4) is 0 Å². The number of aromatic nitrogens is 2. The van der Waals surface area contributed by atoms with Gasteiger partial charge in [0.2, 0.25) is 5.95 Å². The molecule has 0 saturated carbocycles. The maximum atomic E-state index is 5.27. The number of hydrogen-bond acceptors (Lipinski definition) is 6. The van der Waals surface area contributed by atoms with Crippen molar-refractivity contribution in [1.82, 2.24) is 19.8 Å². The summed E-state index contributed by atoms with van der Waals surface area (Å²) in [4.78, 5) is 13.5. The molecule has 128 valence electrons. The smallest absolute Gasteiger partial charge is 0.223 e. The van der Waals surface area contributed by atoms with Gasteiger partial charge < -0.3 is 15.0 Å². The molecular formula is C18H25N5O. The van der Waals surface area contributed by atoms with Crippen LogP contribution in [0.5, 0.6) is 5.75 Å². The van der Waals surface area contributed by atoms with Gasteiger partial charge in [0.15, 0.2) is 0 Å². The number of nitrogens with zero attached hydrogens (tertiary/aromatic N) is 4. The minimum Gasteiger partial charge on any atom is -0.497 e. The zero-order valence-corrected chi connectivity index (χ0v) is 14.4. The highest BCUT2D eigenvalue weighted by Crippen LogP contribution is 2.22. The van der Waals surface area contributed by atoms with Crippen molar-refractivity contribution in [2.75, 3.05) is 52.2 Å². The molecule has 0 amide bonds. The molecule has 1 aromatic carbocycles. The highest BCUT2D eigenvalue weighted by atomic mass is 16.5. The second-order valence-corrected chi connectivity index (χ2v) is 6.15. The van der Waals surface area contributed by atoms with E-state index in [1.54, 1.807) is 19.5 Å². The number of benzene rings is 1. The third kappa shape index (κ3) is 4.43. The molecule has 1 aliphatic rings. The first-order valence-corrected chi connectivity index (χ1v) is 8.33. The molecule has 1 N–H and O–H groups in total. The minimum atomic E-state index is 0.140. The molecule has 24 heavy (non-hydrogen) atoms. The predicted molar refractivity (Wildman–Crippen MR) is 95.3 cm³/mol. The number of methoxy groups -OCH3 is 1. The molecule has 1 aromatic heterocycles. The molecule has 3 rings (SSSR count). The summed E-state index contributed by atoms with van der Waals surface area (Å²) >= 11 is 0. The Morgan fingerprint density at radius 2 is 1.75 bits per heavy atom. The van der Waals surface area contributed by atoms with Crippen LogP contribution < -0.4 is 10.1 Å². The summed E-state index contributed by atoms with van der Waals surface area (Å²) < 4.78 is 5.27. The molecule has 1 aliphatic heterocycles. The van der Waals surface area contributed by atoms with Crippen LogP contribution in [0.4, 0.5) is 5.95 Å². The Balaban J connectivity index is 1.74. The third-order valence-electron chi connectivity index (χ3n) is 4.42. The van der Waals surface area contributed by atoms with Crippen LogP contribution in [-0.2, 0) is 0 Å². The largest absolute Gasteiger partial charge is 0.497 e. The Kier molecular flexibility index (Phi) is 5.61. The topological polar surface area (TPSA) is 53.5 Å². The molecule has 1 atom stereocenters. The molecule has 0 radical (unpaired) electrons. The lowest BCUT2D eigenvalue weighted by Crippen LogP contribution is -2.46. The average molecular weight is 327 g/mol. The lowest BCUT2D eigenvalue weighted by molar-refractivity contribution is 0.149. The van der Waals surface area contributed by atoms with Gasteiger partial charge in [-0.1, -0.05) is 12.1 Å². The summed E-state index contributed by atoms with van der Waals surface area (Å²) in [6.45, 7) is 5.31. The van der Waals surface area contributed by atoms with E-state index in [1.165, 1.54) is 5.56 Å². The van der Waals surface area contributed by atoms with Crippen LogP contribution in [0.1, 0.15) is 11.6 Å². The summed E-state index contributed by atoms with van der Waals surface area (Å²) in [5, 5.41) is 3.47. The molecule has 1 fully saturated rings. The molecular weight excluding hydrogens is 302 g/mol. The first-order chi connectivity index (χ1) is 11.7. The third-order valence-corrected chi connectivity index (χ3v) is 4.42. The predicted octanol–water partition coefficient (Wildman–Crippen LogP) is 1.89. The van der Waals surface area contributed by atoms with Crippen molar-refractivity contribution >= 4 is 5.95 Å². The molecule has 0 aliphatic carbocycles. The number of hydrogen-bond donors (Lipinski definition) is 1. The minimum absolute atomic E-state index is 0.140. The number of piperazine rings is 1. The number of ether oxygens (including phenoxy) is 1. The Hall–Kier alpha value is -2.18. The maximum absolute atomic E-state index is 5.27. The summed E-state index contributed by atoms with van der Waals surface area (Å²) in [7, 11) is 3.86. The zero-order valence-electron chi connectivity index (χ0n) is 14.4. The van der Waals surface area contributed by atoms with Crippen molar-refractivity contribution in [3.63, 3.8) is 0 Å². The first-order valence-electron chi connectivity index (χ1n) is 8.33. The lowest BCUT2D eigenvalue weighted by Gasteiger charge is -2.35. The molecule has 0 bridgehead atoms. The monoisotopic (exact) mass is 327 g/mol. The molecule has 6 heteroatoms. The molecule has 2 aromatic rings. The van der Waals surface area contributed by atoms with Gasteiger partial charge in [0.05, 0.1) is 13.2 Å². The first kappa shape index (κ1) is 16.7. The Labute approximate surface area is 143 Å². The lowest BCUT2D eigenvalue weighted by atomic mass is 10.1. The molecule has 0 spiro atoms. The molecule has 1 saturated heterocycles. The van der Waals surface area contributed by atoms with Crippen LogP contribution in [-0.4, -0.2) is 66.6 Å². The molecule has 6 nitrogen and oxygen atoms in total. The summed E-state index contributed by atoms with van der Waals surface area (Å²) in [6.07, 6.45) is 3.52. The molecule has 2 heterocycles. The van der Waals surface area contributed by atoms with Crippen LogP contribution in [0, 0.1) is 0 Å². The van der Waals surface area contributed by atoms with E-state index in [0.717, 1.165) is 38.5 Å². The van der Waals surface area contributed by atoms with E-state index in [4.69, 9.17) is 4.74 Å². The Morgan fingerprint density at radius 3 is 2.38 bits per heavy atom. The fraction of sp³-hybridized carbons (Fsp3) is 0.444. The number of likely N-dealkylation sites (N-methyl/N-ethyl adjacent to an activating group) is 1. The van der Waals surface area contributed by atoms with Gasteiger partial charge in [-0.3, -0.25) is 4.90 Å². The number of anilines is 1. The average Bonchev–Trinajstić information content (AvgIpc) is 2.64. The van der Waals surface area contributed by atoms with E-state index in [1.807, 2.05) is 18.2 Å². The van der Waals surface area contributed by atoms with Gasteiger partial charge in [-0.25, -0.2) is 9.97 Å². The van der Waals surface area contributed by atoms with Crippen molar-refractivity contribution in [2.24, 2.45) is 0 Å². The second kappa shape index (κ2) is 8.08. The van der Waals surface area contributed by atoms with Gasteiger partial charge in [0.1, 0.15) is 5.75 Å². The normalized spacial score (nSPS) is 17.4. The van der Waals surface area contributed by atoms with E-state index in [9.17, 15) is 0 Å². The van der Waals surface area contributed by atoms with Crippen LogP contribution in [0.15, 0.2) is 42.7 Å². The van der Waals surface area contributed by atoms with Crippen molar-refractivity contribution in [1.29, 1.82) is 0 Å². The number of nitrogens with one attached hydrogen (secondary N) is 1. The summed E-state index contributed by atoms with van der Waals surface area (Å²) in [5.74, 6) is 1.53. The van der Waals surface area contributed by atoms with E-state index in [0.29, 0.717) is 5.95 Å².